The van der Waals surface area contributed by atoms with Crippen molar-refractivity contribution in [2.24, 2.45) is 0 Å². The Hall–Kier alpha value is 0.260. The van der Waals surface area contributed by atoms with Crippen LogP contribution < -0.4 is 0 Å². The highest BCUT2D eigenvalue weighted by Crippen LogP contribution is 2.41. The van der Waals surface area contributed by atoms with Gasteiger partial charge in [-0.25, -0.2) is 0 Å². The monoisotopic (exact) mass is 1330 g/mol. The van der Waals surface area contributed by atoms with Gasteiger partial charge in [0.1, 0.15) is 12.6 Å². The molecule has 0 fully saturated rings. The fraction of sp³-hybridized carbons (Fsp3) is 1.00. The van der Waals surface area contributed by atoms with Crippen LogP contribution in [0, 0.1) is 0 Å². The van der Waals surface area contributed by atoms with E-state index in [-0.39, 0.29) is 0 Å². The Labute approximate surface area is 572 Å². The van der Waals surface area contributed by atoms with Crippen molar-refractivity contribution in [3.05, 3.63) is 0 Å². The van der Waals surface area contributed by atoms with Crippen molar-refractivity contribution >= 4 is 15.2 Å². The molecule has 0 saturated heterocycles. The molecule has 0 saturated carbocycles. The number of rotatable bonds is 83. The lowest BCUT2D eigenvalue weighted by atomic mass is 10.0. The third kappa shape index (κ3) is 86.3. The van der Waals surface area contributed by atoms with Gasteiger partial charge in [0.2, 0.25) is 0 Å². The second-order valence-electron chi connectivity index (χ2n) is 30.2. The third-order valence-electron chi connectivity index (χ3n) is 20.6. The van der Waals surface area contributed by atoms with Gasteiger partial charge in [0.25, 0.3) is 0 Å². The van der Waals surface area contributed by atoms with E-state index in [1.165, 1.54) is 480 Å². The minimum Gasteiger partial charge on any atom is -0.324 e. The predicted molar refractivity (Wildman–Crippen MR) is 406 cm³/mol. The first-order valence-corrected chi connectivity index (χ1v) is 46.0. The molecule has 0 aliphatic carbocycles. The molecule has 0 aromatic carbocycles. The van der Waals surface area contributed by atoms with Crippen LogP contribution in [0.5, 0.6) is 0 Å². The lowest BCUT2D eigenvalue weighted by molar-refractivity contribution is 0.273. The minimum absolute atomic E-state index is 0.302. The van der Waals surface area contributed by atoms with Crippen LogP contribution in [0.15, 0.2) is 0 Å². The first-order chi connectivity index (χ1) is 44.6. The zero-order chi connectivity index (χ0) is 65.9. The molecular weight excluding hydrogens is 1160 g/mol. The fourth-order valence-electron chi connectivity index (χ4n) is 14.6. The Morgan fingerprint density at radius 2 is 0.253 bits per heavy atom. The molecule has 0 bridgehead atoms. The normalized spacial score (nSPS) is 12.2. The van der Waals surface area contributed by atoms with Gasteiger partial charge in [0.15, 0.2) is 0 Å². The second-order valence-corrected chi connectivity index (χ2v) is 33.5. The van der Waals surface area contributed by atoms with E-state index < -0.39 is 27.8 Å². The number of nitrogens with zero attached hydrogens (tertiary/aromatic N) is 1. The van der Waals surface area contributed by atoms with Crippen molar-refractivity contribution in [2.45, 2.75) is 508 Å². The van der Waals surface area contributed by atoms with Crippen molar-refractivity contribution < 1.29 is 28.7 Å². The van der Waals surface area contributed by atoms with Gasteiger partial charge in [0, 0.05) is 0 Å². The van der Waals surface area contributed by atoms with E-state index in [9.17, 15) is 28.7 Å². The molecule has 0 heterocycles. The van der Waals surface area contributed by atoms with E-state index in [4.69, 9.17) is 0 Å². The van der Waals surface area contributed by atoms with Crippen molar-refractivity contribution in [1.29, 1.82) is 0 Å². The smallest absolute Gasteiger partial charge is 0.324 e. The number of hydrogen-bond donors (Lipinski definition) is 4. The molecule has 548 valence electrons. The van der Waals surface area contributed by atoms with E-state index in [2.05, 4.69) is 6.92 Å². The standard InChI is InChI=1S/C82H169NO6P2/c1-2-3-4-5-6-7-8-9-10-11-12-13-14-15-16-17-18-19-20-21-22-23-24-25-26-27-28-29-30-31-32-33-34-35-36-37-38-39-40-41-42-43-44-45-46-47-48-49-50-51-52-53-54-55-56-57-58-59-60-61-62-63-64-65-66-67-68-69-70-71-72-73-74-75-76-77-78-79-80-83(81-90(84,85)86)82-91(87,88)89/h2-82H2,1H3,(H2,84,85,86)(H2,87,88,89). The minimum atomic E-state index is -4.34. The Kier molecular flexibility index (Phi) is 77.8. The van der Waals surface area contributed by atoms with Gasteiger partial charge >= 0.3 is 15.2 Å². The van der Waals surface area contributed by atoms with Gasteiger partial charge in [-0.2, -0.15) is 0 Å². The highest BCUT2D eigenvalue weighted by Gasteiger charge is 2.25. The average Bonchev–Trinajstić information content (AvgIpc) is 3.49. The van der Waals surface area contributed by atoms with Crippen molar-refractivity contribution in [1.82, 2.24) is 4.90 Å². The Balaban J connectivity index is 3.14. The molecule has 9 heteroatoms. The lowest BCUT2D eigenvalue weighted by Crippen LogP contribution is -2.27. The van der Waals surface area contributed by atoms with E-state index in [0.717, 1.165) is 19.3 Å². The molecule has 0 unspecified atom stereocenters. The first kappa shape index (κ1) is 91.3. The maximum atomic E-state index is 11.3. The van der Waals surface area contributed by atoms with Crippen LogP contribution in [0.4, 0.5) is 0 Å². The number of hydrogen-bond acceptors (Lipinski definition) is 3. The SMILES string of the molecule is CCCCCCCCCCCCCCCCCCCCCCCCCCCCCCCCCCCCCCCCCCCCCCCCCCCCCCCCCCCCCCCCCCCCCCCCCCCCCCCCN(CP(=O)(O)O)CP(=O)(O)O. The first-order valence-electron chi connectivity index (χ1n) is 42.5. The summed E-state index contributed by atoms with van der Waals surface area (Å²) in [5, 5.41) is 0. The van der Waals surface area contributed by atoms with E-state index in [1.54, 1.807) is 0 Å². The summed E-state index contributed by atoms with van der Waals surface area (Å²) < 4.78 is 22.6. The van der Waals surface area contributed by atoms with Crippen LogP contribution in [-0.4, -0.2) is 43.6 Å². The van der Waals surface area contributed by atoms with Gasteiger partial charge in [0.05, 0.1) is 0 Å². The fourth-order valence-corrected chi connectivity index (χ4v) is 16.2. The zero-order valence-corrected chi connectivity index (χ0v) is 64.0. The van der Waals surface area contributed by atoms with Crippen LogP contribution in [0.2, 0.25) is 0 Å². The predicted octanol–water partition coefficient (Wildman–Crippen LogP) is 30.0. The summed E-state index contributed by atoms with van der Waals surface area (Å²) in [4.78, 5) is 37.9. The topological polar surface area (TPSA) is 118 Å². The highest BCUT2D eigenvalue weighted by atomic mass is 31.2. The number of unbranched alkanes of at least 4 members (excludes halogenated alkanes) is 77. The summed E-state index contributed by atoms with van der Waals surface area (Å²) in [5.74, 6) is 0. The molecule has 0 atom stereocenters. The van der Waals surface area contributed by atoms with Gasteiger partial charge in [-0.15, -0.1) is 0 Å². The van der Waals surface area contributed by atoms with E-state index in [1.807, 2.05) is 0 Å². The zero-order valence-electron chi connectivity index (χ0n) is 62.2. The molecule has 7 nitrogen and oxygen atoms in total. The van der Waals surface area contributed by atoms with Crippen molar-refractivity contribution in [3.8, 4) is 0 Å². The summed E-state index contributed by atoms with van der Waals surface area (Å²) in [6.45, 7) is 2.61. The summed E-state index contributed by atoms with van der Waals surface area (Å²) in [5.41, 5.74) is 0. The van der Waals surface area contributed by atoms with Crippen molar-refractivity contribution in [2.75, 3.05) is 19.1 Å². The molecule has 4 N–H and O–H groups in total. The molecule has 0 amide bonds. The Morgan fingerprint density at radius 3 is 0.341 bits per heavy atom. The van der Waals surface area contributed by atoms with E-state index in [0.29, 0.717) is 13.0 Å². The average molecular weight is 1330 g/mol. The molecule has 0 radical (unpaired) electrons. The van der Waals surface area contributed by atoms with Crippen LogP contribution in [-0.2, 0) is 9.13 Å². The van der Waals surface area contributed by atoms with Gasteiger partial charge < -0.3 is 19.6 Å². The van der Waals surface area contributed by atoms with Gasteiger partial charge in [-0.05, 0) is 13.0 Å². The van der Waals surface area contributed by atoms with E-state index >= 15 is 0 Å². The molecule has 0 aromatic heterocycles. The molecular formula is C82H169NO6P2. The summed E-state index contributed by atoms with van der Waals surface area (Å²) >= 11 is 0. The molecule has 0 aromatic rings. The summed E-state index contributed by atoms with van der Waals surface area (Å²) in [7, 11) is -8.68. The van der Waals surface area contributed by atoms with Crippen molar-refractivity contribution in [3.63, 3.8) is 0 Å². The van der Waals surface area contributed by atoms with Crippen LogP contribution in [0.1, 0.15) is 508 Å². The van der Waals surface area contributed by atoms with Gasteiger partial charge in [-0.3, -0.25) is 14.0 Å². The summed E-state index contributed by atoms with van der Waals surface area (Å²) in [6.07, 6.45) is 111. The summed E-state index contributed by atoms with van der Waals surface area (Å²) in [6, 6.07) is 0. The van der Waals surface area contributed by atoms with Crippen LogP contribution >= 0.6 is 15.2 Å². The highest BCUT2D eigenvalue weighted by molar-refractivity contribution is 7.52. The molecule has 0 spiro atoms. The molecule has 0 rings (SSSR count). The van der Waals surface area contributed by atoms with Crippen LogP contribution in [0.25, 0.3) is 0 Å². The quantitative estimate of drug-likeness (QED) is 0.0354. The molecule has 0 aliphatic rings. The molecule has 91 heavy (non-hydrogen) atoms. The Bertz CT molecular complexity index is 1400. The Morgan fingerprint density at radius 1 is 0.165 bits per heavy atom. The van der Waals surface area contributed by atoms with Gasteiger partial charge in [-0.1, -0.05) is 501 Å². The maximum absolute atomic E-state index is 11.3. The largest absolute Gasteiger partial charge is 0.339 e. The third-order valence-corrected chi connectivity index (χ3v) is 22.1. The second kappa shape index (κ2) is 77.6. The maximum Gasteiger partial charge on any atom is 0.339 e. The van der Waals surface area contributed by atoms with Crippen LogP contribution in [0.3, 0.4) is 0 Å². The molecule has 0 aliphatic heterocycles. The lowest BCUT2D eigenvalue weighted by Gasteiger charge is -2.22.